The van der Waals surface area contributed by atoms with E-state index >= 15 is 0 Å². The molecule has 0 saturated heterocycles. The molecule has 29 heavy (non-hydrogen) atoms. The van der Waals surface area contributed by atoms with Crippen molar-refractivity contribution >= 4 is 28.5 Å². The number of carboxylic acid groups (broad SMARTS) is 1. The Balaban J connectivity index is 1.50. The molecule has 1 aromatic carbocycles. The Labute approximate surface area is 170 Å². The van der Waals surface area contributed by atoms with E-state index in [1.54, 1.807) is 6.07 Å². The molecule has 146 valence electrons. The molecule has 0 aliphatic carbocycles. The van der Waals surface area contributed by atoms with Crippen molar-refractivity contribution in [2.24, 2.45) is 0 Å². The molecule has 7 nitrogen and oxygen atoms in total. The van der Waals surface area contributed by atoms with Crippen LogP contribution in [-0.2, 0) is 11.3 Å². The number of nitrogens with zero attached hydrogens (tertiary/aromatic N) is 4. The maximum atomic E-state index is 11.1. The minimum absolute atomic E-state index is 0.0554. The summed E-state index contributed by atoms with van der Waals surface area (Å²) in [6, 6.07) is 11.6. The van der Waals surface area contributed by atoms with Crippen LogP contribution in [0.25, 0.3) is 33.7 Å². The normalized spacial score (nSPS) is 15.7. The number of hydrogen-bond acceptors (Lipinski definition) is 5. The fourth-order valence-corrected chi connectivity index (χ4v) is 4.33. The third-order valence-corrected chi connectivity index (χ3v) is 5.52. The molecule has 0 spiro atoms. The fourth-order valence-electron chi connectivity index (χ4n) is 4.08. The van der Waals surface area contributed by atoms with Crippen molar-refractivity contribution in [1.82, 2.24) is 19.7 Å². The first-order valence-corrected chi connectivity index (χ1v) is 9.69. The second-order valence-corrected chi connectivity index (χ2v) is 7.71. The zero-order valence-corrected chi connectivity index (χ0v) is 16.3. The molecule has 1 atom stereocenters. The van der Waals surface area contributed by atoms with Crippen molar-refractivity contribution in [2.45, 2.75) is 32.2 Å². The number of rotatable bonds is 4. The molecular formula is C21H17ClN4O3. The van der Waals surface area contributed by atoms with Gasteiger partial charge in [0, 0.05) is 45.9 Å². The molecular weight excluding hydrogens is 392 g/mol. The van der Waals surface area contributed by atoms with Crippen LogP contribution in [0, 0.1) is 6.92 Å². The number of carboxylic acids is 1. The summed E-state index contributed by atoms with van der Waals surface area (Å²) in [6.07, 6.45) is 1.02. The van der Waals surface area contributed by atoms with Crippen molar-refractivity contribution in [3.63, 3.8) is 0 Å². The second kappa shape index (κ2) is 6.70. The van der Waals surface area contributed by atoms with Gasteiger partial charge in [0.25, 0.3) is 5.89 Å². The summed E-state index contributed by atoms with van der Waals surface area (Å²) in [5.41, 5.74) is 4.50. The number of benzene rings is 1. The average Bonchev–Trinajstić information content (AvgIpc) is 3.36. The van der Waals surface area contributed by atoms with Gasteiger partial charge in [-0.05, 0) is 49.7 Å². The van der Waals surface area contributed by atoms with Crippen molar-refractivity contribution in [2.75, 3.05) is 0 Å². The molecule has 1 N–H and O–H groups in total. The molecule has 4 aromatic rings. The number of pyridine rings is 1. The van der Waals surface area contributed by atoms with Gasteiger partial charge in [-0.2, -0.15) is 4.98 Å². The summed E-state index contributed by atoms with van der Waals surface area (Å²) in [7, 11) is 0. The van der Waals surface area contributed by atoms with Gasteiger partial charge < -0.3 is 14.2 Å². The maximum absolute atomic E-state index is 11.1. The summed E-state index contributed by atoms with van der Waals surface area (Å²) < 4.78 is 7.64. The summed E-state index contributed by atoms with van der Waals surface area (Å²) in [6.45, 7) is 2.69. The van der Waals surface area contributed by atoms with Gasteiger partial charge in [0.05, 0.1) is 6.42 Å². The van der Waals surface area contributed by atoms with Crippen LogP contribution in [-0.4, -0.2) is 30.8 Å². The molecule has 4 heterocycles. The summed E-state index contributed by atoms with van der Waals surface area (Å²) in [4.78, 5) is 19.8. The maximum Gasteiger partial charge on any atom is 0.304 e. The molecule has 1 aliphatic rings. The molecule has 0 radical (unpaired) electrons. The SMILES string of the molecule is Cc1cc(-c2nc(-c3ccc4c(c3)cc3n4CCC3CC(=O)O)no2)cc(Cl)n1. The lowest BCUT2D eigenvalue weighted by Crippen LogP contribution is -2.02. The van der Waals surface area contributed by atoms with E-state index < -0.39 is 5.97 Å². The van der Waals surface area contributed by atoms with Crippen molar-refractivity contribution in [3.05, 3.63) is 52.9 Å². The monoisotopic (exact) mass is 408 g/mol. The predicted octanol–water partition coefficient (Wildman–Crippen LogP) is 4.68. The average molecular weight is 409 g/mol. The smallest absolute Gasteiger partial charge is 0.304 e. The number of fused-ring (bicyclic) bond motifs is 3. The minimum atomic E-state index is -0.764. The van der Waals surface area contributed by atoms with Crippen LogP contribution >= 0.6 is 11.6 Å². The lowest BCUT2D eigenvalue weighted by atomic mass is 10.0. The van der Waals surface area contributed by atoms with E-state index in [4.69, 9.17) is 21.2 Å². The van der Waals surface area contributed by atoms with E-state index in [1.807, 2.05) is 31.2 Å². The molecule has 3 aromatic heterocycles. The van der Waals surface area contributed by atoms with Gasteiger partial charge in [0.1, 0.15) is 5.15 Å². The number of aromatic nitrogens is 4. The number of halogens is 1. The van der Waals surface area contributed by atoms with Crippen LogP contribution in [0.1, 0.15) is 30.1 Å². The topological polar surface area (TPSA) is 94.0 Å². The van der Waals surface area contributed by atoms with Crippen molar-refractivity contribution in [1.29, 1.82) is 0 Å². The van der Waals surface area contributed by atoms with Gasteiger partial charge in [-0.3, -0.25) is 4.79 Å². The van der Waals surface area contributed by atoms with Crippen LogP contribution in [0.3, 0.4) is 0 Å². The zero-order valence-electron chi connectivity index (χ0n) is 15.6. The number of hydrogen-bond donors (Lipinski definition) is 1. The number of aliphatic carboxylic acids is 1. The fraction of sp³-hybridized carbons (Fsp3) is 0.238. The molecule has 0 fully saturated rings. The highest BCUT2D eigenvalue weighted by molar-refractivity contribution is 6.29. The lowest BCUT2D eigenvalue weighted by molar-refractivity contribution is -0.137. The Kier molecular flexibility index (Phi) is 4.13. The van der Waals surface area contributed by atoms with E-state index in [2.05, 4.69) is 25.8 Å². The van der Waals surface area contributed by atoms with Crippen LogP contribution in [0.5, 0.6) is 0 Å². The van der Waals surface area contributed by atoms with Gasteiger partial charge in [-0.25, -0.2) is 4.98 Å². The minimum Gasteiger partial charge on any atom is -0.481 e. The first-order chi connectivity index (χ1) is 14.0. The molecule has 1 unspecified atom stereocenters. The highest BCUT2D eigenvalue weighted by Gasteiger charge is 2.27. The highest BCUT2D eigenvalue weighted by atomic mass is 35.5. The number of carbonyl (C=O) groups is 1. The quantitative estimate of drug-likeness (QED) is 0.493. The Morgan fingerprint density at radius 3 is 2.90 bits per heavy atom. The number of aryl methyl sites for hydroxylation is 2. The van der Waals surface area contributed by atoms with E-state index in [0.717, 1.165) is 46.4 Å². The lowest BCUT2D eigenvalue weighted by Gasteiger charge is -2.04. The third kappa shape index (κ3) is 3.17. The Morgan fingerprint density at radius 2 is 2.10 bits per heavy atom. The van der Waals surface area contributed by atoms with Crippen molar-refractivity contribution in [3.8, 4) is 22.8 Å². The first-order valence-electron chi connectivity index (χ1n) is 9.31. The van der Waals surface area contributed by atoms with E-state index in [1.165, 1.54) is 0 Å². The Hall–Kier alpha value is -3.19. The Bertz CT molecular complexity index is 1240. The standard InChI is InChI=1S/C21H17ClN4O3/c1-11-6-15(9-18(22)23-11)21-24-20(25-29-21)13-2-3-16-14(7-13)8-17-12(10-19(27)28)4-5-26(16)17/h2-3,6-9,12H,4-5,10H2,1H3,(H,27,28). The summed E-state index contributed by atoms with van der Waals surface area (Å²) in [5, 5.41) is 14.7. The molecule has 0 bridgehead atoms. The van der Waals surface area contributed by atoms with Crippen LogP contribution in [0.4, 0.5) is 0 Å². The van der Waals surface area contributed by atoms with Gasteiger partial charge in [0.15, 0.2) is 0 Å². The van der Waals surface area contributed by atoms with Gasteiger partial charge in [-0.1, -0.05) is 16.8 Å². The van der Waals surface area contributed by atoms with E-state index in [-0.39, 0.29) is 12.3 Å². The molecule has 1 aliphatic heterocycles. The van der Waals surface area contributed by atoms with Crippen LogP contribution in [0.15, 0.2) is 40.9 Å². The highest BCUT2D eigenvalue weighted by Crippen LogP contribution is 2.37. The molecule has 8 heteroatoms. The van der Waals surface area contributed by atoms with Crippen molar-refractivity contribution < 1.29 is 14.4 Å². The second-order valence-electron chi connectivity index (χ2n) is 7.32. The molecule has 0 amide bonds. The van der Waals surface area contributed by atoms with Crippen LogP contribution < -0.4 is 0 Å². The van der Waals surface area contributed by atoms with Gasteiger partial charge in [0.2, 0.25) is 5.82 Å². The molecule has 5 rings (SSSR count). The summed E-state index contributed by atoms with van der Waals surface area (Å²) >= 11 is 6.03. The molecule has 0 saturated carbocycles. The summed E-state index contributed by atoms with van der Waals surface area (Å²) in [5.74, 6) is 0.161. The Morgan fingerprint density at radius 1 is 1.24 bits per heavy atom. The van der Waals surface area contributed by atoms with Gasteiger partial charge in [-0.15, -0.1) is 0 Å². The predicted molar refractivity (Wildman–Crippen MR) is 108 cm³/mol. The van der Waals surface area contributed by atoms with E-state index in [9.17, 15) is 4.79 Å². The zero-order chi connectivity index (χ0) is 20.1. The first kappa shape index (κ1) is 17.9. The third-order valence-electron chi connectivity index (χ3n) is 5.33. The van der Waals surface area contributed by atoms with Crippen LogP contribution in [0.2, 0.25) is 5.15 Å². The van der Waals surface area contributed by atoms with Gasteiger partial charge >= 0.3 is 5.97 Å². The van der Waals surface area contributed by atoms with E-state index in [0.29, 0.717) is 16.9 Å². The largest absolute Gasteiger partial charge is 0.481 e.